The van der Waals surface area contributed by atoms with Crippen molar-refractivity contribution in [2.24, 2.45) is 0 Å². The Morgan fingerprint density at radius 1 is 1.22 bits per heavy atom. The van der Waals surface area contributed by atoms with Crippen molar-refractivity contribution in [1.29, 1.82) is 0 Å². The Morgan fingerprint density at radius 2 is 1.85 bits per heavy atom. The maximum Gasteiger partial charge on any atom is 0.337 e. The van der Waals surface area contributed by atoms with E-state index in [1.54, 1.807) is 13.8 Å². The lowest BCUT2D eigenvalue weighted by atomic mass is 10.1. The summed E-state index contributed by atoms with van der Waals surface area (Å²) in [5.74, 6) is -1.60. The van der Waals surface area contributed by atoms with Crippen LogP contribution in [0.5, 0.6) is 0 Å². The number of aliphatic hydroxyl groups excluding tert-OH is 1. The van der Waals surface area contributed by atoms with Gasteiger partial charge in [0.05, 0.1) is 13.2 Å². The zero-order valence-electron chi connectivity index (χ0n) is 16.0. The van der Waals surface area contributed by atoms with Gasteiger partial charge in [-0.2, -0.15) is 0 Å². The third-order valence-electron chi connectivity index (χ3n) is 4.13. The molecular formula is C18H27O8P. The van der Waals surface area contributed by atoms with Crippen molar-refractivity contribution in [2.75, 3.05) is 27.0 Å². The molecule has 152 valence electrons. The summed E-state index contributed by atoms with van der Waals surface area (Å²) in [6.45, 7) is 3.54. The van der Waals surface area contributed by atoms with Crippen LogP contribution in [0, 0.1) is 0 Å². The number of rotatable bonds is 10. The van der Waals surface area contributed by atoms with Crippen LogP contribution in [0.25, 0.3) is 0 Å². The van der Waals surface area contributed by atoms with Crippen molar-refractivity contribution >= 4 is 13.4 Å². The van der Waals surface area contributed by atoms with Crippen LogP contribution in [0.3, 0.4) is 0 Å². The molecule has 1 heterocycles. The summed E-state index contributed by atoms with van der Waals surface area (Å²) in [6.07, 6.45) is -3.63. The number of carbonyl (C=O) groups is 1. The molecule has 8 nitrogen and oxygen atoms in total. The van der Waals surface area contributed by atoms with Crippen molar-refractivity contribution in [3.05, 3.63) is 35.9 Å². The number of hydrogen-bond donors (Lipinski definition) is 1. The fourth-order valence-corrected chi connectivity index (χ4v) is 3.74. The third-order valence-corrected chi connectivity index (χ3v) is 5.94. The van der Waals surface area contributed by atoms with Crippen LogP contribution in [0.1, 0.15) is 19.4 Å². The van der Waals surface area contributed by atoms with Gasteiger partial charge >= 0.3 is 7.60 Å². The molecule has 0 radical (unpaired) electrons. The second-order valence-corrected chi connectivity index (χ2v) is 8.96. The standard InChI is InChI=1S/C18H27O8P/c1-18(2)25-16(14(19)11-24-10-13-8-6-5-7-9-13)17(26-18)15(20)12-27(21,22-3)23-4/h5-9,14,16-17,19H,10-12H2,1-4H3/t14-,16+,17+/m1/s1. The van der Waals surface area contributed by atoms with Gasteiger partial charge in [0.2, 0.25) is 0 Å². The second-order valence-electron chi connectivity index (χ2n) is 6.69. The van der Waals surface area contributed by atoms with Gasteiger partial charge in [-0.15, -0.1) is 0 Å². The fraction of sp³-hybridized carbons (Fsp3) is 0.611. The number of Topliss-reactive ketones (excluding diaryl/α,β-unsaturated/α-hetero) is 1. The van der Waals surface area contributed by atoms with Gasteiger partial charge in [-0.25, -0.2) is 0 Å². The molecule has 1 aliphatic heterocycles. The summed E-state index contributed by atoms with van der Waals surface area (Å²) in [6, 6.07) is 9.50. The Kier molecular flexibility index (Phi) is 7.71. The van der Waals surface area contributed by atoms with Crippen molar-refractivity contribution < 1.29 is 37.7 Å². The average Bonchev–Trinajstić information content (AvgIpc) is 2.98. The van der Waals surface area contributed by atoms with Crippen LogP contribution in [0.4, 0.5) is 0 Å². The van der Waals surface area contributed by atoms with Gasteiger partial charge in [-0.3, -0.25) is 9.36 Å². The molecule has 1 saturated heterocycles. The van der Waals surface area contributed by atoms with Gasteiger partial charge in [0, 0.05) is 14.2 Å². The summed E-state index contributed by atoms with van der Waals surface area (Å²) in [4.78, 5) is 12.6. The van der Waals surface area contributed by atoms with E-state index in [4.69, 9.17) is 23.3 Å². The maximum atomic E-state index is 12.6. The lowest BCUT2D eigenvalue weighted by Gasteiger charge is -2.22. The van der Waals surface area contributed by atoms with E-state index in [-0.39, 0.29) is 6.61 Å². The van der Waals surface area contributed by atoms with Gasteiger partial charge in [0.1, 0.15) is 24.5 Å². The molecule has 3 atom stereocenters. The molecule has 0 aromatic heterocycles. The van der Waals surface area contributed by atoms with Crippen LogP contribution in [0.15, 0.2) is 30.3 Å². The van der Waals surface area contributed by atoms with Crippen molar-refractivity contribution in [1.82, 2.24) is 0 Å². The lowest BCUT2D eigenvalue weighted by Crippen LogP contribution is -2.43. The molecule has 0 bridgehead atoms. The summed E-state index contributed by atoms with van der Waals surface area (Å²) in [7, 11) is -1.14. The van der Waals surface area contributed by atoms with Crippen LogP contribution < -0.4 is 0 Å². The van der Waals surface area contributed by atoms with E-state index in [1.807, 2.05) is 30.3 Å². The van der Waals surface area contributed by atoms with Crippen molar-refractivity contribution in [3.63, 3.8) is 0 Å². The predicted molar refractivity (Wildman–Crippen MR) is 97.4 cm³/mol. The first-order valence-corrected chi connectivity index (χ1v) is 10.3. The monoisotopic (exact) mass is 402 g/mol. The molecule has 1 aromatic carbocycles. The molecule has 9 heteroatoms. The molecule has 2 rings (SSSR count). The molecule has 1 fully saturated rings. The van der Waals surface area contributed by atoms with Gasteiger partial charge in [0.25, 0.3) is 0 Å². The van der Waals surface area contributed by atoms with Crippen molar-refractivity contribution in [3.8, 4) is 0 Å². The zero-order chi connectivity index (χ0) is 20.1. The maximum absolute atomic E-state index is 12.6. The van der Waals surface area contributed by atoms with E-state index in [0.717, 1.165) is 5.56 Å². The lowest BCUT2D eigenvalue weighted by molar-refractivity contribution is -0.161. The molecule has 0 saturated carbocycles. The Labute approximate surface area is 159 Å². The number of benzene rings is 1. The summed E-state index contributed by atoms with van der Waals surface area (Å²) < 4.78 is 38.7. The quantitative estimate of drug-likeness (QED) is 0.594. The van der Waals surface area contributed by atoms with Crippen LogP contribution >= 0.6 is 7.60 Å². The predicted octanol–water partition coefficient (Wildman–Crippen LogP) is 2.14. The van der Waals surface area contributed by atoms with E-state index >= 15 is 0 Å². The third kappa shape index (κ3) is 6.19. The summed E-state index contributed by atoms with van der Waals surface area (Å²) >= 11 is 0. The SMILES string of the molecule is COP(=O)(CC(=O)[C@@H]1OC(C)(C)O[C@H]1[C@H](O)COCc1ccccc1)OC. The molecule has 0 spiro atoms. The smallest absolute Gasteiger partial charge is 0.337 e. The zero-order valence-corrected chi connectivity index (χ0v) is 16.9. The Morgan fingerprint density at radius 3 is 2.44 bits per heavy atom. The normalized spacial score (nSPS) is 23.3. The van der Waals surface area contributed by atoms with E-state index in [0.29, 0.717) is 6.61 Å². The highest BCUT2D eigenvalue weighted by Gasteiger charge is 2.49. The minimum absolute atomic E-state index is 0.0466. The molecule has 0 unspecified atom stereocenters. The largest absolute Gasteiger partial charge is 0.388 e. The minimum Gasteiger partial charge on any atom is -0.388 e. The molecule has 1 aliphatic rings. The van der Waals surface area contributed by atoms with E-state index in [1.165, 1.54) is 14.2 Å². The first-order valence-electron chi connectivity index (χ1n) is 8.58. The summed E-state index contributed by atoms with van der Waals surface area (Å²) in [5, 5.41) is 10.5. The Balaban J connectivity index is 1.99. The first kappa shape index (κ1) is 22.2. The first-order chi connectivity index (χ1) is 12.7. The van der Waals surface area contributed by atoms with Gasteiger partial charge < -0.3 is 28.4 Å². The number of ether oxygens (including phenoxy) is 3. The number of carbonyl (C=O) groups excluding carboxylic acids is 1. The topological polar surface area (TPSA) is 101 Å². The van der Waals surface area contributed by atoms with Crippen LogP contribution in [-0.4, -0.2) is 62.0 Å². The van der Waals surface area contributed by atoms with E-state index < -0.39 is 43.6 Å². The molecule has 27 heavy (non-hydrogen) atoms. The molecule has 1 aromatic rings. The van der Waals surface area contributed by atoms with Crippen LogP contribution in [0.2, 0.25) is 0 Å². The molecular weight excluding hydrogens is 375 g/mol. The van der Waals surface area contributed by atoms with Gasteiger partial charge in [-0.05, 0) is 19.4 Å². The Hall–Kier alpha value is -1.12. The average molecular weight is 402 g/mol. The van der Waals surface area contributed by atoms with Crippen molar-refractivity contribution in [2.45, 2.75) is 44.6 Å². The highest BCUT2D eigenvalue weighted by molar-refractivity contribution is 7.54. The van der Waals surface area contributed by atoms with Gasteiger partial charge in [0.15, 0.2) is 11.6 Å². The van der Waals surface area contributed by atoms with Gasteiger partial charge in [-0.1, -0.05) is 30.3 Å². The molecule has 1 N–H and O–H groups in total. The van der Waals surface area contributed by atoms with E-state index in [9.17, 15) is 14.5 Å². The highest BCUT2D eigenvalue weighted by Crippen LogP contribution is 2.47. The van der Waals surface area contributed by atoms with E-state index in [2.05, 4.69) is 0 Å². The minimum atomic E-state index is -3.55. The Bertz CT molecular complexity index is 655. The molecule has 0 amide bonds. The fourth-order valence-electron chi connectivity index (χ4n) is 2.77. The molecule has 0 aliphatic carbocycles. The van der Waals surface area contributed by atoms with Crippen LogP contribution in [-0.2, 0) is 39.2 Å². The summed E-state index contributed by atoms with van der Waals surface area (Å²) in [5.41, 5.74) is 0.961. The number of aliphatic hydroxyl groups is 1. The second kappa shape index (κ2) is 9.39. The number of ketones is 1. The number of hydrogen-bond acceptors (Lipinski definition) is 8. The highest BCUT2D eigenvalue weighted by atomic mass is 31.2.